The smallest absolute Gasteiger partial charge is 0.265 e. The lowest BCUT2D eigenvalue weighted by atomic mass is 10.0. The summed E-state index contributed by atoms with van der Waals surface area (Å²) in [4.78, 5) is -0.0222. The van der Waals surface area contributed by atoms with Gasteiger partial charge in [-0.25, -0.2) is 0 Å². The van der Waals surface area contributed by atoms with Crippen LogP contribution in [0.25, 0.3) is 0 Å². The molecule has 0 aliphatic rings. The lowest BCUT2D eigenvalue weighted by Crippen LogP contribution is -2.09. The molecule has 0 saturated heterocycles. The highest BCUT2D eigenvalue weighted by molar-refractivity contribution is 7.87. The van der Waals surface area contributed by atoms with E-state index in [1.807, 2.05) is 6.07 Å². The second kappa shape index (κ2) is 10.9. The molecule has 172 valence electrons. The second-order valence-corrected chi connectivity index (χ2v) is 9.97. The van der Waals surface area contributed by atoms with Crippen LogP contribution in [0.4, 0.5) is 0 Å². The Morgan fingerprint density at radius 2 is 1.06 bits per heavy atom. The van der Waals surface area contributed by atoms with Crippen LogP contribution in [0.15, 0.2) is 111 Å². The first-order valence-corrected chi connectivity index (χ1v) is 12.7. The summed E-state index contributed by atoms with van der Waals surface area (Å²) in [5, 5.41) is 7.59. The number of nitrogens with zero attached hydrogens (tertiary/aromatic N) is 2. The molecule has 3 aromatic rings. The van der Waals surface area contributed by atoms with E-state index in [2.05, 4.69) is 10.3 Å². The first-order chi connectivity index (χ1) is 15.8. The number of oxime groups is 2. The SMILES string of the molecule is C/C(CC/C(=N/OS(=O)(=O)c1ccccc1)c1ccccc1)=N\OS(=O)(=O)c1ccccc1. The predicted octanol–water partition coefficient (Wildman–Crippen LogP) is 4.36. The van der Waals surface area contributed by atoms with Gasteiger partial charge < -0.3 is 0 Å². The van der Waals surface area contributed by atoms with Crippen LogP contribution in [0.2, 0.25) is 0 Å². The Labute approximate surface area is 193 Å². The van der Waals surface area contributed by atoms with E-state index in [1.54, 1.807) is 67.6 Å². The lowest BCUT2D eigenvalue weighted by molar-refractivity contribution is 0.335. The highest BCUT2D eigenvalue weighted by Gasteiger charge is 2.17. The standard InChI is InChI=1S/C23H22N2O6S2/c1-19(24-30-32(26,27)21-13-7-3-8-14-21)17-18-23(20-11-5-2-6-12-20)25-31-33(28,29)22-15-9-4-10-16-22/h2-16H,17-18H2,1H3/b24-19+,25-23-. The molecule has 0 unspecified atom stereocenters. The molecule has 0 amide bonds. The molecule has 10 heteroatoms. The van der Waals surface area contributed by atoms with Gasteiger partial charge in [0, 0.05) is 0 Å². The van der Waals surface area contributed by atoms with Gasteiger partial charge in [0.15, 0.2) is 0 Å². The first kappa shape index (κ1) is 24.1. The summed E-state index contributed by atoms with van der Waals surface area (Å²) in [6, 6.07) is 24.3. The second-order valence-electron chi connectivity index (χ2n) is 6.91. The number of hydrogen-bond donors (Lipinski definition) is 0. The maximum Gasteiger partial charge on any atom is 0.358 e. The van der Waals surface area contributed by atoms with Gasteiger partial charge in [-0.2, -0.15) is 16.8 Å². The molecule has 0 saturated carbocycles. The van der Waals surface area contributed by atoms with Crippen LogP contribution < -0.4 is 0 Å². The zero-order valence-electron chi connectivity index (χ0n) is 17.7. The van der Waals surface area contributed by atoms with Gasteiger partial charge >= 0.3 is 20.2 Å². The number of hydrogen-bond acceptors (Lipinski definition) is 8. The highest BCUT2D eigenvalue weighted by atomic mass is 32.2. The van der Waals surface area contributed by atoms with Gasteiger partial charge in [0.2, 0.25) is 0 Å². The molecular formula is C23H22N2O6S2. The summed E-state index contributed by atoms with van der Waals surface area (Å²) in [5.74, 6) is 0. The monoisotopic (exact) mass is 486 g/mol. The summed E-state index contributed by atoms with van der Waals surface area (Å²) < 4.78 is 58.9. The molecule has 0 fully saturated rings. The maximum absolute atomic E-state index is 12.4. The zero-order chi connectivity index (χ0) is 23.7. The van der Waals surface area contributed by atoms with Crippen LogP contribution in [-0.4, -0.2) is 28.3 Å². The Hall–Kier alpha value is -3.50. The van der Waals surface area contributed by atoms with Crippen LogP contribution in [0.1, 0.15) is 25.3 Å². The topological polar surface area (TPSA) is 111 Å². The molecule has 3 aromatic carbocycles. The first-order valence-electron chi connectivity index (χ1n) is 9.91. The van der Waals surface area contributed by atoms with E-state index < -0.39 is 20.2 Å². The van der Waals surface area contributed by atoms with Gasteiger partial charge in [-0.3, -0.25) is 8.57 Å². The van der Waals surface area contributed by atoms with E-state index in [9.17, 15) is 16.8 Å². The molecule has 3 rings (SSSR count). The summed E-state index contributed by atoms with van der Waals surface area (Å²) in [5.41, 5.74) is 1.39. The molecule has 0 aliphatic carbocycles. The normalized spacial score (nSPS) is 12.9. The number of rotatable bonds is 10. The largest absolute Gasteiger partial charge is 0.358 e. The van der Waals surface area contributed by atoms with Gasteiger partial charge in [0.25, 0.3) is 0 Å². The average molecular weight is 487 g/mol. The van der Waals surface area contributed by atoms with Crippen LogP contribution in [0, 0.1) is 0 Å². The Morgan fingerprint density at radius 3 is 1.55 bits per heavy atom. The van der Waals surface area contributed by atoms with Crippen LogP contribution in [0.5, 0.6) is 0 Å². The van der Waals surface area contributed by atoms with E-state index >= 15 is 0 Å². The molecule has 0 bridgehead atoms. The molecule has 0 atom stereocenters. The molecule has 0 radical (unpaired) electrons. The fourth-order valence-corrected chi connectivity index (χ4v) is 4.25. The molecule has 8 nitrogen and oxygen atoms in total. The summed E-state index contributed by atoms with van der Waals surface area (Å²) in [7, 11) is -8.11. The van der Waals surface area contributed by atoms with Crippen LogP contribution in [-0.2, 0) is 28.8 Å². The lowest BCUT2D eigenvalue weighted by Gasteiger charge is -2.08. The van der Waals surface area contributed by atoms with Crippen molar-refractivity contribution in [2.24, 2.45) is 10.3 Å². The van der Waals surface area contributed by atoms with E-state index in [-0.39, 0.29) is 22.6 Å². The fourth-order valence-electron chi connectivity index (χ4n) is 2.69. The Kier molecular flexibility index (Phi) is 7.96. The molecule has 0 spiro atoms. The fraction of sp³-hybridized carbons (Fsp3) is 0.130. The van der Waals surface area contributed by atoms with Gasteiger partial charge in [-0.15, -0.1) is 0 Å². The van der Waals surface area contributed by atoms with E-state index in [0.717, 1.165) is 0 Å². The summed E-state index contributed by atoms with van der Waals surface area (Å²) >= 11 is 0. The predicted molar refractivity (Wildman–Crippen MR) is 125 cm³/mol. The van der Waals surface area contributed by atoms with Crippen molar-refractivity contribution in [3.05, 3.63) is 96.6 Å². The van der Waals surface area contributed by atoms with E-state index in [1.165, 1.54) is 24.3 Å². The minimum absolute atomic E-state index is 0.00685. The third kappa shape index (κ3) is 6.99. The third-order valence-corrected chi connectivity index (χ3v) is 6.67. The Morgan fingerprint density at radius 1 is 0.636 bits per heavy atom. The zero-order valence-corrected chi connectivity index (χ0v) is 19.4. The minimum atomic E-state index is -4.08. The van der Waals surface area contributed by atoms with E-state index in [4.69, 9.17) is 8.57 Å². The molecular weight excluding hydrogens is 464 g/mol. The third-order valence-electron chi connectivity index (χ3n) is 4.43. The van der Waals surface area contributed by atoms with Crippen molar-refractivity contribution in [2.75, 3.05) is 0 Å². The molecule has 0 heterocycles. The van der Waals surface area contributed by atoms with Crippen LogP contribution >= 0.6 is 0 Å². The van der Waals surface area contributed by atoms with Crippen molar-refractivity contribution in [2.45, 2.75) is 29.6 Å². The summed E-state index contributed by atoms with van der Waals surface area (Å²) in [6.07, 6.45) is 0.491. The van der Waals surface area contributed by atoms with Crippen molar-refractivity contribution in [1.82, 2.24) is 0 Å². The van der Waals surface area contributed by atoms with Gasteiger partial charge in [0.1, 0.15) is 9.79 Å². The molecule has 0 N–H and O–H groups in total. The van der Waals surface area contributed by atoms with Crippen LogP contribution in [0.3, 0.4) is 0 Å². The van der Waals surface area contributed by atoms with Crippen molar-refractivity contribution >= 4 is 31.7 Å². The average Bonchev–Trinajstić information content (AvgIpc) is 2.84. The number of benzene rings is 3. The van der Waals surface area contributed by atoms with Crippen molar-refractivity contribution in [3.63, 3.8) is 0 Å². The highest BCUT2D eigenvalue weighted by Crippen LogP contribution is 2.15. The summed E-state index contributed by atoms with van der Waals surface area (Å²) in [6.45, 7) is 1.60. The maximum atomic E-state index is 12.4. The molecule has 33 heavy (non-hydrogen) atoms. The van der Waals surface area contributed by atoms with Gasteiger partial charge in [-0.05, 0) is 49.6 Å². The van der Waals surface area contributed by atoms with Gasteiger partial charge in [-0.1, -0.05) is 77.0 Å². The molecule has 0 aromatic heterocycles. The van der Waals surface area contributed by atoms with Crippen molar-refractivity contribution < 1.29 is 25.4 Å². The van der Waals surface area contributed by atoms with Crippen molar-refractivity contribution in [1.29, 1.82) is 0 Å². The van der Waals surface area contributed by atoms with Gasteiger partial charge in [0.05, 0.1) is 11.4 Å². The Bertz CT molecular complexity index is 1320. The van der Waals surface area contributed by atoms with Crippen molar-refractivity contribution in [3.8, 4) is 0 Å². The Balaban J connectivity index is 1.73. The minimum Gasteiger partial charge on any atom is -0.265 e. The van der Waals surface area contributed by atoms with E-state index in [0.29, 0.717) is 17.0 Å². The quantitative estimate of drug-likeness (QED) is 0.311. The molecule has 0 aliphatic heterocycles.